The molecule has 78 valence electrons. The third-order valence-corrected chi connectivity index (χ3v) is 1.69. The zero-order valence-electron chi connectivity index (χ0n) is 8.78. The van der Waals surface area contributed by atoms with Crippen molar-refractivity contribution in [3.8, 4) is 0 Å². The van der Waals surface area contributed by atoms with Gasteiger partial charge in [-0.15, -0.1) is 0 Å². The van der Waals surface area contributed by atoms with Gasteiger partial charge in [0.05, 0.1) is 6.42 Å². The number of hydrogen-bond donors (Lipinski definition) is 0. The molecule has 0 spiro atoms. The van der Waals surface area contributed by atoms with Gasteiger partial charge in [-0.05, 0) is 21.0 Å². The van der Waals surface area contributed by atoms with E-state index in [2.05, 4.69) is 10.1 Å². The molecule has 0 aliphatic heterocycles. The molecule has 0 aliphatic rings. The molecule has 0 saturated carbocycles. The van der Waals surface area contributed by atoms with Crippen molar-refractivity contribution in [2.75, 3.05) is 20.6 Å². The van der Waals surface area contributed by atoms with E-state index in [1.165, 1.54) is 6.92 Å². The van der Waals surface area contributed by atoms with Crippen LogP contribution >= 0.6 is 0 Å². The maximum absolute atomic E-state index is 10.8. The Morgan fingerprint density at radius 2 is 2.21 bits per heavy atom. The maximum atomic E-state index is 10.8. The van der Waals surface area contributed by atoms with E-state index < -0.39 is 0 Å². The first-order valence-electron chi connectivity index (χ1n) is 4.53. The minimum Gasteiger partial charge on any atom is -0.339 e. The molecule has 1 aromatic rings. The predicted molar refractivity (Wildman–Crippen MR) is 50.9 cm³/mol. The third kappa shape index (κ3) is 3.66. The number of likely N-dealkylation sites (N-methyl/N-ethyl adjacent to an activating group) is 1. The first-order valence-corrected chi connectivity index (χ1v) is 4.53. The SMILES string of the molecule is CC(=O)Cc1nc(CCN(C)C)no1. The highest BCUT2D eigenvalue weighted by Gasteiger charge is 2.08. The molecule has 5 nitrogen and oxygen atoms in total. The van der Waals surface area contributed by atoms with Crippen molar-refractivity contribution in [3.63, 3.8) is 0 Å². The number of rotatable bonds is 5. The predicted octanol–water partition coefficient (Wildman–Crippen LogP) is 0.305. The summed E-state index contributed by atoms with van der Waals surface area (Å²) < 4.78 is 4.91. The van der Waals surface area contributed by atoms with Gasteiger partial charge < -0.3 is 9.42 Å². The summed E-state index contributed by atoms with van der Waals surface area (Å²) in [6.45, 7) is 2.38. The lowest BCUT2D eigenvalue weighted by Gasteiger charge is -2.05. The van der Waals surface area contributed by atoms with Crippen LogP contribution in [0.5, 0.6) is 0 Å². The molecule has 0 unspecified atom stereocenters. The van der Waals surface area contributed by atoms with Gasteiger partial charge in [-0.2, -0.15) is 4.98 Å². The van der Waals surface area contributed by atoms with Crippen LogP contribution in [0.25, 0.3) is 0 Å². The summed E-state index contributed by atoms with van der Waals surface area (Å²) in [5.41, 5.74) is 0. The topological polar surface area (TPSA) is 59.2 Å². The van der Waals surface area contributed by atoms with Crippen molar-refractivity contribution < 1.29 is 9.32 Å². The summed E-state index contributed by atoms with van der Waals surface area (Å²) in [7, 11) is 3.97. The van der Waals surface area contributed by atoms with Crippen molar-refractivity contribution in [2.24, 2.45) is 0 Å². The first kappa shape index (κ1) is 10.8. The zero-order valence-corrected chi connectivity index (χ0v) is 8.78. The fourth-order valence-corrected chi connectivity index (χ4v) is 1.00. The van der Waals surface area contributed by atoms with Crippen LogP contribution in [0.15, 0.2) is 4.52 Å². The molecule has 0 aliphatic carbocycles. The number of aromatic nitrogens is 2. The van der Waals surface area contributed by atoms with E-state index in [1.807, 2.05) is 19.0 Å². The van der Waals surface area contributed by atoms with Gasteiger partial charge in [0, 0.05) is 13.0 Å². The highest BCUT2D eigenvalue weighted by atomic mass is 16.5. The van der Waals surface area contributed by atoms with Crippen LogP contribution in [0, 0.1) is 0 Å². The Balaban J connectivity index is 2.46. The number of carbonyl (C=O) groups excluding carboxylic acids is 1. The summed E-state index contributed by atoms with van der Waals surface area (Å²) in [6.07, 6.45) is 0.976. The molecule has 0 amide bonds. The number of hydrogen-bond acceptors (Lipinski definition) is 5. The van der Waals surface area contributed by atoms with E-state index in [0.29, 0.717) is 11.7 Å². The Morgan fingerprint density at radius 3 is 2.79 bits per heavy atom. The Hall–Kier alpha value is -1.23. The monoisotopic (exact) mass is 197 g/mol. The molecule has 0 aromatic carbocycles. The maximum Gasteiger partial charge on any atom is 0.234 e. The second kappa shape index (κ2) is 4.85. The Kier molecular flexibility index (Phi) is 3.76. The van der Waals surface area contributed by atoms with Crippen molar-refractivity contribution in [1.29, 1.82) is 0 Å². The summed E-state index contributed by atoms with van der Waals surface area (Å²) in [4.78, 5) is 16.9. The van der Waals surface area contributed by atoms with Gasteiger partial charge in [0.15, 0.2) is 5.82 Å². The van der Waals surface area contributed by atoms with E-state index in [0.717, 1.165) is 13.0 Å². The van der Waals surface area contributed by atoms with Crippen molar-refractivity contribution in [2.45, 2.75) is 19.8 Å². The molecule has 1 heterocycles. The molecule has 0 atom stereocenters. The molecule has 1 aromatic heterocycles. The summed E-state index contributed by atoms with van der Waals surface area (Å²) in [5, 5.41) is 3.78. The van der Waals surface area contributed by atoms with Crippen LogP contribution in [0.4, 0.5) is 0 Å². The lowest BCUT2D eigenvalue weighted by Crippen LogP contribution is -2.15. The highest BCUT2D eigenvalue weighted by molar-refractivity contribution is 5.77. The van der Waals surface area contributed by atoms with Crippen LogP contribution in [0.2, 0.25) is 0 Å². The number of Topliss-reactive ketones (excluding diaryl/α,β-unsaturated/α-hetero) is 1. The van der Waals surface area contributed by atoms with E-state index in [4.69, 9.17) is 4.52 Å². The van der Waals surface area contributed by atoms with Gasteiger partial charge in [-0.25, -0.2) is 0 Å². The minimum atomic E-state index is 0.0350. The van der Waals surface area contributed by atoms with Crippen LogP contribution in [0.3, 0.4) is 0 Å². The Morgan fingerprint density at radius 1 is 1.50 bits per heavy atom. The van der Waals surface area contributed by atoms with Crippen molar-refractivity contribution >= 4 is 5.78 Å². The largest absolute Gasteiger partial charge is 0.339 e. The lowest BCUT2D eigenvalue weighted by molar-refractivity contribution is -0.116. The van der Waals surface area contributed by atoms with Gasteiger partial charge in [0.1, 0.15) is 5.78 Å². The smallest absolute Gasteiger partial charge is 0.234 e. The Bertz CT molecular complexity index is 307. The molecule has 0 fully saturated rings. The van der Waals surface area contributed by atoms with Gasteiger partial charge in [0.25, 0.3) is 0 Å². The summed E-state index contributed by atoms with van der Waals surface area (Å²) in [6, 6.07) is 0. The van der Waals surface area contributed by atoms with Crippen LogP contribution in [0.1, 0.15) is 18.6 Å². The average molecular weight is 197 g/mol. The van der Waals surface area contributed by atoms with Gasteiger partial charge in [0.2, 0.25) is 5.89 Å². The van der Waals surface area contributed by atoms with Crippen molar-refractivity contribution in [3.05, 3.63) is 11.7 Å². The molecule has 0 bridgehead atoms. The quantitative estimate of drug-likeness (QED) is 0.679. The number of ketones is 1. The second-order valence-electron chi connectivity index (χ2n) is 3.54. The average Bonchev–Trinajstić information content (AvgIpc) is 2.47. The molecule has 0 radical (unpaired) electrons. The van der Waals surface area contributed by atoms with Crippen molar-refractivity contribution in [1.82, 2.24) is 15.0 Å². The van der Waals surface area contributed by atoms with E-state index in [9.17, 15) is 4.79 Å². The molecule has 0 saturated heterocycles. The molecule has 14 heavy (non-hydrogen) atoms. The van der Waals surface area contributed by atoms with Crippen LogP contribution < -0.4 is 0 Å². The number of carbonyl (C=O) groups is 1. The van der Waals surface area contributed by atoms with Gasteiger partial charge in [-0.3, -0.25) is 4.79 Å². The zero-order chi connectivity index (χ0) is 10.6. The summed E-state index contributed by atoms with van der Waals surface area (Å²) >= 11 is 0. The van der Waals surface area contributed by atoms with Crippen LogP contribution in [-0.4, -0.2) is 41.5 Å². The standard InChI is InChI=1S/C9H15N3O2/c1-7(13)6-9-10-8(11-14-9)4-5-12(2)3/h4-6H2,1-3H3. The summed E-state index contributed by atoms with van der Waals surface area (Å²) in [5.74, 6) is 1.11. The van der Waals surface area contributed by atoms with E-state index >= 15 is 0 Å². The third-order valence-electron chi connectivity index (χ3n) is 1.69. The number of nitrogens with zero attached hydrogens (tertiary/aromatic N) is 3. The Labute approximate surface area is 83.1 Å². The fourth-order valence-electron chi connectivity index (χ4n) is 1.00. The normalized spacial score (nSPS) is 10.9. The first-order chi connectivity index (χ1) is 6.58. The highest BCUT2D eigenvalue weighted by Crippen LogP contribution is 2.00. The van der Waals surface area contributed by atoms with E-state index in [1.54, 1.807) is 0 Å². The van der Waals surface area contributed by atoms with E-state index in [-0.39, 0.29) is 12.2 Å². The molecule has 0 N–H and O–H groups in total. The van der Waals surface area contributed by atoms with Crippen LogP contribution in [-0.2, 0) is 17.6 Å². The lowest BCUT2D eigenvalue weighted by atomic mass is 10.3. The molecular weight excluding hydrogens is 182 g/mol. The minimum absolute atomic E-state index is 0.0350. The van der Waals surface area contributed by atoms with Gasteiger partial charge in [-0.1, -0.05) is 5.16 Å². The second-order valence-corrected chi connectivity index (χ2v) is 3.54. The fraction of sp³-hybridized carbons (Fsp3) is 0.667. The van der Waals surface area contributed by atoms with Gasteiger partial charge >= 0.3 is 0 Å². The molecule has 1 rings (SSSR count). The molecular formula is C9H15N3O2. The molecule has 5 heteroatoms.